The third-order valence-corrected chi connectivity index (χ3v) is 3.76. The van der Waals surface area contributed by atoms with E-state index in [4.69, 9.17) is 4.74 Å². The molecule has 92 valence electrons. The maximum Gasteiger partial charge on any atom is 0.168 e. The quantitative estimate of drug-likeness (QED) is 0.685. The molecule has 0 radical (unpaired) electrons. The van der Waals surface area contributed by atoms with E-state index in [1.54, 1.807) is 0 Å². The second kappa shape index (κ2) is 5.23. The molecule has 3 nitrogen and oxygen atoms in total. The third-order valence-electron chi connectivity index (χ3n) is 3.76. The summed E-state index contributed by atoms with van der Waals surface area (Å²) in [6.07, 6.45) is 3.44. The molecule has 0 aromatic heterocycles. The average Bonchev–Trinajstić information content (AvgIpc) is 2.34. The highest BCUT2D eigenvalue weighted by Crippen LogP contribution is 2.26. The molecule has 2 aliphatic heterocycles. The molecule has 2 fully saturated rings. The Labute approximate surface area is 95.9 Å². The molecule has 16 heavy (non-hydrogen) atoms. The van der Waals surface area contributed by atoms with E-state index < -0.39 is 5.67 Å². The minimum Gasteiger partial charge on any atom is -0.381 e. The molecule has 2 heterocycles. The largest absolute Gasteiger partial charge is 0.381 e. The van der Waals surface area contributed by atoms with Gasteiger partial charge in [0.25, 0.3) is 0 Å². The first kappa shape index (κ1) is 12.0. The number of carbonyl (C=O) groups is 1. The van der Waals surface area contributed by atoms with E-state index in [9.17, 15) is 9.18 Å². The summed E-state index contributed by atoms with van der Waals surface area (Å²) in [6.45, 7) is 4.19. The van der Waals surface area contributed by atoms with Crippen molar-refractivity contribution in [2.45, 2.75) is 31.4 Å². The summed E-state index contributed by atoms with van der Waals surface area (Å²) in [7, 11) is 0. The van der Waals surface area contributed by atoms with Crippen LogP contribution in [0.25, 0.3) is 0 Å². The molecule has 0 amide bonds. The van der Waals surface area contributed by atoms with Gasteiger partial charge in [-0.3, -0.25) is 4.79 Å². The number of likely N-dealkylation sites (tertiary alicyclic amines) is 1. The lowest BCUT2D eigenvalue weighted by molar-refractivity contribution is -0.120. The summed E-state index contributed by atoms with van der Waals surface area (Å²) >= 11 is 0. The number of piperidine rings is 1. The fourth-order valence-corrected chi connectivity index (χ4v) is 2.52. The van der Waals surface area contributed by atoms with Crippen LogP contribution in [-0.2, 0) is 9.53 Å². The zero-order valence-electron chi connectivity index (χ0n) is 9.66. The van der Waals surface area contributed by atoms with Crippen molar-refractivity contribution in [1.29, 1.82) is 0 Å². The number of halogens is 1. The Hall–Kier alpha value is -0.480. The Morgan fingerprint density at radius 3 is 2.50 bits per heavy atom. The van der Waals surface area contributed by atoms with E-state index in [2.05, 4.69) is 4.90 Å². The highest BCUT2D eigenvalue weighted by molar-refractivity contribution is 5.62. The molecule has 0 unspecified atom stereocenters. The van der Waals surface area contributed by atoms with Gasteiger partial charge in [0.2, 0.25) is 0 Å². The lowest BCUT2D eigenvalue weighted by Gasteiger charge is -2.36. The minimum absolute atomic E-state index is 0.361. The van der Waals surface area contributed by atoms with Crippen molar-refractivity contribution in [1.82, 2.24) is 4.90 Å². The fraction of sp³-hybridized carbons (Fsp3) is 0.917. The van der Waals surface area contributed by atoms with Crippen LogP contribution in [0, 0.1) is 5.92 Å². The first-order valence-corrected chi connectivity index (χ1v) is 6.17. The van der Waals surface area contributed by atoms with Crippen molar-refractivity contribution < 1.29 is 13.9 Å². The van der Waals surface area contributed by atoms with E-state index in [0.717, 1.165) is 32.6 Å². The van der Waals surface area contributed by atoms with Gasteiger partial charge in [-0.05, 0) is 18.8 Å². The molecule has 0 N–H and O–H groups in total. The molecule has 2 saturated heterocycles. The first-order valence-electron chi connectivity index (χ1n) is 6.17. The summed E-state index contributed by atoms with van der Waals surface area (Å²) < 4.78 is 19.0. The lowest BCUT2D eigenvalue weighted by atomic mass is 9.93. The summed E-state index contributed by atoms with van der Waals surface area (Å²) in [4.78, 5) is 12.9. The molecular formula is C12H20FNO2. The summed E-state index contributed by atoms with van der Waals surface area (Å²) in [6, 6.07) is 0. The maximum atomic E-state index is 13.6. The highest BCUT2D eigenvalue weighted by Gasteiger charge is 2.34. The van der Waals surface area contributed by atoms with Gasteiger partial charge < -0.3 is 9.64 Å². The summed E-state index contributed by atoms with van der Waals surface area (Å²) in [5, 5.41) is 0. The van der Waals surface area contributed by atoms with Crippen molar-refractivity contribution in [3.05, 3.63) is 0 Å². The number of nitrogens with zero attached hydrogens (tertiary/aromatic N) is 1. The predicted molar refractivity (Wildman–Crippen MR) is 59.1 cm³/mol. The molecule has 0 bridgehead atoms. The Morgan fingerprint density at radius 1 is 1.31 bits per heavy atom. The minimum atomic E-state index is -1.55. The lowest BCUT2D eigenvalue weighted by Crippen LogP contribution is -2.44. The SMILES string of the molecule is O=CC1(F)CCN(CC2CCOCC2)CC1. The Kier molecular flexibility index (Phi) is 3.92. The molecule has 0 spiro atoms. The molecule has 2 aliphatic rings. The van der Waals surface area contributed by atoms with Gasteiger partial charge >= 0.3 is 0 Å². The number of alkyl halides is 1. The van der Waals surface area contributed by atoms with Crippen LogP contribution >= 0.6 is 0 Å². The van der Waals surface area contributed by atoms with Crippen LogP contribution < -0.4 is 0 Å². The van der Waals surface area contributed by atoms with Gasteiger partial charge in [0.15, 0.2) is 12.0 Å². The van der Waals surface area contributed by atoms with Crippen molar-refractivity contribution in [3.8, 4) is 0 Å². The van der Waals surface area contributed by atoms with Gasteiger partial charge in [-0.1, -0.05) is 0 Å². The maximum absolute atomic E-state index is 13.6. The van der Waals surface area contributed by atoms with Gasteiger partial charge in [0, 0.05) is 45.7 Å². The summed E-state index contributed by atoms with van der Waals surface area (Å²) in [5.41, 5.74) is -1.55. The van der Waals surface area contributed by atoms with Gasteiger partial charge in [0.1, 0.15) is 0 Å². The van der Waals surface area contributed by atoms with Crippen LogP contribution in [0.2, 0.25) is 0 Å². The van der Waals surface area contributed by atoms with Gasteiger partial charge in [-0.2, -0.15) is 0 Å². The van der Waals surface area contributed by atoms with Crippen LogP contribution in [0.1, 0.15) is 25.7 Å². The molecule has 0 saturated carbocycles. The van der Waals surface area contributed by atoms with E-state index in [1.807, 2.05) is 0 Å². The highest BCUT2D eigenvalue weighted by atomic mass is 19.1. The molecule has 4 heteroatoms. The van der Waals surface area contributed by atoms with Crippen LogP contribution in [0.3, 0.4) is 0 Å². The fourth-order valence-electron chi connectivity index (χ4n) is 2.52. The summed E-state index contributed by atoms with van der Waals surface area (Å²) in [5.74, 6) is 0.692. The molecule has 0 aromatic carbocycles. The number of hydrogen-bond donors (Lipinski definition) is 0. The molecular weight excluding hydrogens is 209 g/mol. The number of aldehydes is 1. The number of rotatable bonds is 3. The van der Waals surface area contributed by atoms with Crippen LogP contribution in [0.15, 0.2) is 0 Å². The van der Waals surface area contributed by atoms with Crippen molar-refractivity contribution in [2.75, 3.05) is 32.8 Å². The number of carbonyl (C=O) groups excluding carboxylic acids is 1. The van der Waals surface area contributed by atoms with Crippen molar-refractivity contribution >= 4 is 6.29 Å². The Balaban J connectivity index is 1.74. The van der Waals surface area contributed by atoms with Crippen LogP contribution in [0.4, 0.5) is 4.39 Å². The molecule has 2 rings (SSSR count). The van der Waals surface area contributed by atoms with Crippen LogP contribution in [-0.4, -0.2) is 49.7 Å². The normalized spacial score (nSPS) is 27.8. The second-order valence-electron chi connectivity index (χ2n) is 5.01. The number of ether oxygens (including phenoxy) is 1. The van der Waals surface area contributed by atoms with E-state index in [-0.39, 0.29) is 0 Å². The topological polar surface area (TPSA) is 29.5 Å². The zero-order chi connectivity index (χ0) is 11.4. The van der Waals surface area contributed by atoms with Crippen molar-refractivity contribution in [2.24, 2.45) is 5.92 Å². The van der Waals surface area contributed by atoms with Gasteiger partial charge in [-0.25, -0.2) is 4.39 Å². The monoisotopic (exact) mass is 229 g/mol. The van der Waals surface area contributed by atoms with E-state index >= 15 is 0 Å². The first-order chi connectivity index (χ1) is 7.72. The van der Waals surface area contributed by atoms with E-state index in [0.29, 0.717) is 38.1 Å². The average molecular weight is 229 g/mol. The Bertz CT molecular complexity index is 233. The van der Waals surface area contributed by atoms with E-state index in [1.165, 1.54) is 0 Å². The molecule has 0 atom stereocenters. The standard InChI is InChI=1S/C12H20FNO2/c13-12(10-15)3-5-14(6-4-12)9-11-1-7-16-8-2-11/h10-11H,1-9H2. The smallest absolute Gasteiger partial charge is 0.168 e. The Morgan fingerprint density at radius 2 is 1.94 bits per heavy atom. The second-order valence-corrected chi connectivity index (χ2v) is 5.01. The van der Waals surface area contributed by atoms with Crippen LogP contribution in [0.5, 0.6) is 0 Å². The van der Waals surface area contributed by atoms with Crippen molar-refractivity contribution in [3.63, 3.8) is 0 Å². The molecule has 0 aliphatic carbocycles. The predicted octanol–water partition coefficient (Wildman–Crippen LogP) is 1.42. The van der Waals surface area contributed by atoms with Gasteiger partial charge in [-0.15, -0.1) is 0 Å². The molecule has 0 aromatic rings. The third kappa shape index (κ3) is 3.01. The zero-order valence-corrected chi connectivity index (χ0v) is 9.66. The van der Waals surface area contributed by atoms with Gasteiger partial charge in [0.05, 0.1) is 0 Å². The number of hydrogen-bond acceptors (Lipinski definition) is 3.